The highest BCUT2D eigenvalue weighted by Gasteiger charge is 2.58. The molecule has 3 unspecified atom stereocenters. The van der Waals surface area contributed by atoms with Gasteiger partial charge >= 0.3 is 0 Å². The van der Waals surface area contributed by atoms with Gasteiger partial charge in [-0.2, -0.15) is 0 Å². The highest BCUT2D eigenvalue weighted by atomic mass is 14.6. The SMILES string of the molecule is CCCCCCCCCCCCCC(C)C(CC)(C(C)C)C(CCCCCCCC)(CCCCCCCCCC)C(C)(C)C. The molecule has 0 heteroatoms. The van der Waals surface area contributed by atoms with Crippen LogP contribution in [0.4, 0.5) is 0 Å². The van der Waals surface area contributed by atoms with E-state index in [9.17, 15) is 0 Å². The summed E-state index contributed by atoms with van der Waals surface area (Å²) in [5, 5.41) is 0. The van der Waals surface area contributed by atoms with Gasteiger partial charge in [0.15, 0.2) is 0 Å². The third-order valence-corrected chi connectivity index (χ3v) is 12.5. The maximum atomic E-state index is 2.70. The average molecular weight is 619 g/mol. The molecule has 0 amide bonds. The summed E-state index contributed by atoms with van der Waals surface area (Å²) in [6, 6.07) is 0. The molecule has 0 heterocycles. The molecule has 0 rings (SSSR count). The van der Waals surface area contributed by atoms with E-state index in [1.807, 2.05) is 0 Å². The lowest BCUT2D eigenvalue weighted by molar-refractivity contribution is -0.146. The van der Waals surface area contributed by atoms with Crippen LogP contribution in [0.15, 0.2) is 0 Å². The van der Waals surface area contributed by atoms with Crippen LogP contribution < -0.4 is 0 Å². The van der Waals surface area contributed by atoms with Crippen molar-refractivity contribution < 1.29 is 0 Å². The Morgan fingerprint density at radius 2 is 0.682 bits per heavy atom. The molecule has 44 heavy (non-hydrogen) atoms. The summed E-state index contributed by atoms with van der Waals surface area (Å²) in [6.45, 7) is 25.5. The first-order chi connectivity index (χ1) is 21.1. The Morgan fingerprint density at radius 3 is 0.955 bits per heavy atom. The largest absolute Gasteiger partial charge is 0.0654 e. The second-order valence-electron chi connectivity index (χ2n) is 16.8. The van der Waals surface area contributed by atoms with Crippen LogP contribution in [-0.2, 0) is 0 Å². The van der Waals surface area contributed by atoms with Crippen molar-refractivity contribution in [2.75, 3.05) is 0 Å². The molecule has 0 N–H and O–H groups in total. The summed E-state index contributed by atoms with van der Waals surface area (Å²) in [7, 11) is 0. The summed E-state index contributed by atoms with van der Waals surface area (Å²) in [5.41, 5.74) is 1.19. The van der Waals surface area contributed by atoms with Crippen LogP contribution in [0.3, 0.4) is 0 Å². The van der Waals surface area contributed by atoms with Gasteiger partial charge in [-0.05, 0) is 47.3 Å². The second kappa shape index (κ2) is 27.0. The van der Waals surface area contributed by atoms with Gasteiger partial charge in [-0.25, -0.2) is 0 Å². The van der Waals surface area contributed by atoms with Crippen LogP contribution in [0.1, 0.15) is 255 Å². The molecule has 0 fully saturated rings. The van der Waals surface area contributed by atoms with Gasteiger partial charge in [0.2, 0.25) is 0 Å². The molecule has 0 aromatic rings. The Labute approximate surface area is 282 Å². The molecule has 0 spiro atoms. The summed E-state index contributed by atoms with van der Waals surface area (Å²) in [5.74, 6) is 1.54. The highest BCUT2D eigenvalue weighted by molar-refractivity contribution is 5.07. The van der Waals surface area contributed by atoms with Crippen LogP contribution in [0.5, 0.6) is 0 Å². The molecule has 0 bridgehead atoms. The normalized spacial score (nSPS) is 15.9. The van der Waals surface area contributed by atoms with E-state index in [1.54, 1.807) is 0 Å². The molecule has 3 atom stereocenters. The van der Waals surface area contributed by atoms with Crippen molar-refractivity contribution in [2.24, 2.45) is 28.1 Å². The van der Waals surface area contributed by atoms with Crippen molar-refractivity contribution in [3.63, 3.8) is 0 Å². The zero-order valence-corrected chi connectivity index (χ0v) is 33.2. The lowest BCUT2D eigenvalue weighted by Gasteiger charge is -2.63. The summed E-state index contributed by atoms with van der Waals surface area (Å²) >= 11 is 0. The van der Waals surface area contributed by atoms with Crippen molar-refractivity contribution in [3.05, 3.63) is 0 Å². The van der Waals surface area contributed by atoms with Crippen molar-refractivity contribution in [1.29, 1.82) is 0 Å². The Morgan fingerprint density at radius 1 is 0.386 bits per heavy atom. The van der Waals surface area contributed by atoms with Crippen molar-refractivity contribution in [3.8, 4) is 0 Å². The minimum Gasteiger partial charge on any atom is -0.0654 e. The van der Waals surface area contributed by atoms with E-state index < -0.39 is 0 Å². The van der Waals surface area contributed by atoms with Gasteiger partial charge in [-0.1, -0.05) is 236 Å². The van der Waals surface area contributed by atoms with E-state index in [4.69, 9.17) is 0 Å². The van der Waals surface area contributed by atoms with Gasteiger partial charge in [0.1, 0.15) is 0 Å². The Kier molecular flexibility index (Phi) is 27.0. The van der Waals surface area contributed by atoms with E-state index in [0.717, 1.165) is 11.8 Å². The number of rotatable bonds is 32. The number of hydrogen-bond acceptors (Lipinski definition) is 0. The van der Waals surface area contributed by atoms with Gasteiger partial charge in [0.05, 0.1) is 0 Å². The first-order valence-corrected chi connectivity index (χ1v) is 21.1. The van der Waals surface area contributed by atoms with E-state index >= 15 is 0 Å². The molecule has 0 saturated carbocycles. The topological polar surface area (TPSA) is 0 Å². The van der Waals surface area contributed by atoms with Crippen LogP contribution in [0, 0.1) is 28.1 Å². The standard InChI is InChI=1S/C44H90/c1-11-15-18-21-24-26-27-28-29-31-34-37-41(7)44(14-4,40(5)6)43(42(8,9)10,38-35-32-23-20-17-13-3)39-36-33-30-25-22-19-16-12-2/h40-41H,11-39H2,1-10H3. The fraction of sp³-hybridized carbons (Fsp3) is 1.00. The molecule has 0 radical (unpaired) electrons. The van der Waals surface area contributed by atoms with Crippen molar-refractivity contribution in [2.45, 2.75) is 255 Å². The smallest absolute Gasteiger partial charge is 0.0187 e. The van der Waals surface area contributed by atoms with Gasteiger partial charge in [-0.15, -0.1) is 0 Å². The maximum absolute atomic E-state index is 2.70. The summed E-state index contributed by atoms with van der Waals surface area (Å²) in [6.07, 6.45) is 41.7. The lowest BCUT2D eigenvalue weighted by atomic mass is 9.41. The van der Waals surface area contributed by atoms with Gasteiger partial charge in [0.25, 0.3) is 0 Å². The van der Waals surface area contributed by atoms with Crippen molar-refractivity contribution >= 4 is 0 Å². The molecule has 0 aromatic heterocycles. The first-order valence-electron chi connectivity index (χ1n) is 21.1. The predicted octanol–water partition coefficient (Wildman–Crippen LogP) is 16.7. The number of unbranched alkanes of at least 4 members (excludes halogenated alkanes) is 22. The van der Waals surface area contributed by atoms with Crippen LogP contribution in [0.25, 0.3) is 0 Å². The van der Waals surface area contributed by atoms with Crippen LogP contribution >= 0.6 is 0 Å². The van der Waals surface area contributed by atoms with E-state index in [2.05, 4.69) is 69.2 Å². The second-order valence-corrected chi connectivity index (χ2v) is 16.8. The van der Waals surface area contributed by atoms with Gasteiger partial charge < -0.3 is 0 Å². The lowest BCUT2D eigenvalue weighted by Crippen LogP contribution is -2.56. The van der Waals surface area contributed by atoms with E-state index in [-0.39, 0.29) is 0 Å². The molecule has 0 nitrogen and oxygen atoms in total. The van der Waals surface area contributed by atoms with Crippen molar-refractivity contribution in [1.82, 2.24) is 0 Å². The molecular weight excluding hydrogens is 528 g/mol. The summed E-state index contributed by atoms with van der Waals surface area (Å²) < 4.78 is 0. The minimum atomic E-state index is 0.337. The molecular formula is C44H90. The fourth-order valence-electron chi connectivity index (χ4n) is 9.87. The van der Waals surface area contributed by atoms with Gasteiger partial charge in [0, 0.05) is 0 Å². The first kappa shape index (κ1) is 44.0. The molecule has 0 aromatic carbocycles. The van der Waals surface area contributed by atoms with Crippen LogP contribution in [0.2, 0.25) is 0 Å². The molecule has 0 aliphatic rings. The third-order valence-electron chi connectivity index (χ3n) is 12.5. The van der Waals surface area contributed by atoms with E-state index in [0.29, 0.717) is 16.2 Å². The molecule has 266 valence electrons. The predicted molar refractivity (Wildman–Crippen MR) is 205 cm³/mol. The Hall–Kier alpha value is 0. The quantitative estimate of drug-likeness (QED) is 0.0658. The molecule has 0 aliphatic heterocycles. The zero-order valence-electron chi connectivity index (χ0n) is 33.2. The number of hydrogen-bond donors (Lipinski definition) is 0. The monoisotopic (exact) mass is 619 g/mol. The average Bonchev–Trinajstić information content (AvgIpc) is 2.98. The maximum Gasteiger partial charge on any atom is -0.0187 e. The van der Waals surface area contributed by atoms with Gasteiger partial charge in [-0.3, -0.25) is 0 Å². The Balaban J connectivity index is 5.55. The fourth-order valence-corrected chi connectivity index (χ4v) is 9.87. The highest BCUT2D eigenvalue weighted by Crippen LogP contribution is 2.66. The van der Waals surface area contributed by atoms with Crippen LogP contribution in [-0.4, -0.2) is 0 Å². The third kappa shape index (κ3) is 16.2. The molecule has 0 aliphatic carbocycles. The zero-order chi connectivity index (χ0) is 33.2. The molecule has 0 saturated heterocycles. The minimum absolute atomic E-state index is 0.337. The van der Waals surface area contributed by atoms with E-state index in [1.165, 1.54) is 186 Å². The summed E-state index contributed by atoms with van der Waals surface area (Å²) in [4.78, 5) is 0. The Bertz CT molecular complexity index is 596.